The lowest BCUT2D eigenvalue weighted by Gasteiger charge is -2.34. The maximum absolute atomic E-state index is 12.6. The van der Waals surface area contributed by atoms with E-state index in [2.05, 4.69) is 11.9 Å². The van der Waals surface area contributed by atoms with Gasteiger partial charge in [-0.25, -0.2) is 0 Å². The molecule has 0 saturated carbocycles. The van der Waals surface area contributed by atoms with Crippen LogP contribution >= 0.6 is 0 Å². The van der Waals surface area contributed by atoms with Crippen LogP contribution in [0.15, 0.2) is 30.9 Å². The molecule has 2 rings (SSSR count). The molecule has 1 fully saturated rings. The van der Waals surface area contributed by atoms with E-state index in [-0.39, 0.29) is 11.9 Å². The smallest absolute Gasteiger partial charge is 0.254 e. The Kier molecular flexibility index (Phi) is 5.22. The SMILES string of the molecule is C=CCOc1ccc(C(=O)N2CCNC[C@@H]2C)cc1OC. The summed E-state index contributed by atoms with van der Waals surface area (Å²) >= 11 is 0. The Balaban J connectivity index is 2.19. The van der Waals surface area contributed by atoms with Gasteiger partial charge in [-0.15, -0.1) is 0 Å². The monoisotopic (exact) mass is 290 g/mol. The van der Waals surface area contributed by atoms with Crippen LogP contribution in [-0.2, 0) is 0 Å². The Hall–Kier alpha value is -2.01. The van der Waals surface area contributed by atoms with Crippen LogP contribution in [0.4, 0.5) is 0 Å². The van der Waals surface area contributed by atoms with Gasteiger partial charge in [0, 0.05) is 31.2 Å². The highest BCUT2D eigenvalue weighted by atomic mass is 16.5. The molecule has 114 valence electrons. The zero-order chi connectivity index (χ0) is 15.2. The first-order valence-electron chi connectivity index (χ1n) is 7.10. The molecule has 21 heavy (non-hydrogen) atoms. The van der Waals surface area contributed by atoms with Gasteiger partial charge >= 0.3 is 0 Å². The molecule has 0 unspecified atom stereocenters. The second-order valence-corrected chi connectivity index (χ2v) is 5.02. The predicted molar refractivity (Wildman–Crippen MR) is 82.1 cm³/mol. The Morgan fingerprint density at radius 3 is 3.00 bits per heavy atom. The van der Waals surface area contributed by atoms with E-state index in [1.807, 2.05) is 11.8 Å². The van der Waals surface area contributed by atoms with Gasteiger partial charge in [-0.1, -0.05) is 12.7 Å². The van der Waals surface area contributed by atoms with Crippen LogP contribution in [0, 0.1) is 0 Å². The second-order valence-electron chi connectivity index (χ2n) is 5.02. The fourth-order valence-corrected chi connectivity index (χ4v) is 2.38. The quantitative estimate of drug-likeness (QED) is 0.839. The van der Waals surface area contributed by atoms with Gasteiger partial charge in [0.1, 0.15) is 6.61 Å². The summed E-state index contributed by atoms with van der Waals surface area (Å²) in [5, 5.41) is 3.28. The number of rotatable bonds is 5. The number of nitrogens with zero attached hydrogens (tertiary/aromatic N) is 1. The normalized spacial score (nSPS) is 18.2. The molecule has 1 aliphatic rings. The average Bonchev–Trinajstić information content (AvgIpc) is 2.52. The Morgan fingerprint density at radius 2 is 2.33 bits per heavy atom. The lowest BCUT2D eigenvalue weighted by Crippen LogP contribution is -2.52. The minimum atomic E-state index is 0.0255. The van der Waals surface area contributed by atoms with Crippen molar-refractivity contribution in [1.82, 2.24) is 10.2 Å². The summed E-state index contributed by atoms with van der Waals surface area (Å²) in [5.74, 6) is 1.20. The third kappa shape index (κ3) is 3.55. The Bertz CT molecular complexity index is 516. The van der Waals surface area contributed by atoms with Crippen molar-refractivity contribution < 1.29 is 14.3 Å². The molecule has 1 atom stereocenters. The molecule has 0 spiro atoms. The highest BCUT2D eigenvalue weighted by molar-refractivity contribution is 5.95. The maximum Gasteiger partial charge on any atom is 0.254 e. The number of amides is 1. The summed E-state index contributed by atoms with van der Waals surface area (Å²) in [6, 6.07) is 5.46. The molecule has 1 aromatic rings. The molecule has 1 saturated heterocycles. The van der Waals surface area contributed by atoms with E-state index in [0.29, 0.717) is 23.7 Å². The molecule has 5 nitrogen and oxygen atoms in total. The van der Waals surface area contributed by atoms with Crippen LogP contribution in [-0.4, -0.2) is 50.2 Å². The number of nitrogens with one attached hydrogen (secondary N) is 1. The molecular formula is C16H22N2O3. The average molecular weight is 290 g/mol. The zero-order valence-corrected chi connectivity index (χ0v) is 12.6. The van der Waals surface area contributed by atoms with Crippen LogP contribution in [0.2, 0.25) is 0 Å². The van der Waals surface area contributed by atoms with Gasteiger partial charge in [0.25, 0.3) is 5.91 Å². The summed E-state index contributed by atoms with van der Waals surface area (Å²) in [6.07, 6.45) is 1.67. The van der Waals surface area contributed by atoms with Gasteiger partial charge in [0.2, 0.25) is 0 Å². The highest BCUT2D eigenvalue weighted by Crippen LogP contribution is 2.28. The Morgan fingerprint density at radius 1 is 1.52 bits per heavy atom. The number of carbonyl (C=O) groups excluding carboxylic acids is 1. The van der Waals surface area contributed by atoms with Gasteiger partial charge in [0.05, 0.1) is 7.11 Å². The van der Waals surface area contributed by atoms with Gasteiger partial charge in [0.15, 0.2) is 11.5 Å². The molecule has 0 aliphatic carbocycles. The van der Waals surface area contributed by atoms with Crippen molar-refractivity contribution in [2.75, 3.05) is 33.4 Å². The fourth-order valence-electron chi connectivity index (χ4n) is 2.38. The van der Waals surface area contributed by atoms with Crippen molar-refractivity contribution in [3.05, 3.63) is 36.4 Å². The van der Waals surface area contributed by atoms with Crippen molar-refractivity contribution in [3.8, 4) is 11.5 Å². The summed E-state index contributed by atoms with van der Waals surface area (Å²) < 4.78 is 10.8. The lowest BCUT2D eigenvalue weighted by atomic mass is 10.1. The predicted octanol–water partition coefficient (Wildman–Crippen LogP) is 1.69. The number of hydrogen-bond acceptors (Lipinski definition) is 4. The van der Waals surface area contributed by atoms with E-state index in [9.17, 15) is 4.79 Å². The van der Waals surface area contributed by atoms with Crippen LogP contribution in [0.25, 0.3) is 0 Å². The third-order valence-corrected chi connectivity index (χ3v) is 3.53. The number of piperazine rings is 1. The first-order valence-corrected chi connectivity index (χ1v) is 7.10. The van der Waals surface area contributed by atoms with Gasteiger partial charge in [-0.05, 0) is 25.1 Å². The molecule has 0 bridgehead atoms. The first kappa shape index (κ1) is 15.4. The van der Waals surface area contributed by atoms with E-state index >= 15 is 0 Å². The largest absolute Gasteiger partial charge is 0.493 e. The fraction of sp³-hybridized carbons (Fsp3) is 0.438. The van der Waals surface area contributed by atoms with Gasteiger partial charge < -0.3 is 19.7 Å². The standard InChI is InChI=1S/C16H22N2O3/c1-4-9-21-14-6-5-13(10-15(14)20-3)16(19)18-8-7-17-11-12(18)2/h4-6,10,12,17H,1,7-9,11H2,2-3H3/t12-/m0/s1. The van der Waals surface area contributed by atoms with Crippen LogP contribution < -0.4 is 14.8 Å². The van der Waals surface area contributed by atoms with Crippen molar-refractivity contribution in [2.45, 2.75) is 13.0 Å². The van der Waals surface area contributed by atoms with Crippen molar-refractivity contribution >= 4 is 5.91 Å². The number of benzene rings is 1. The highest BCUT2D eigenvalue weighted by Gasteiger charge is 2.24. The molecule has 1 heterocycles. The topological polar surface area (TPSA) is 50.8 Å². The molecular weight excluding hydrogens is 268 g/mol. The van der Waals surface area contributed by atoms with Crippen molar-refractivity contribution in [3.63, 3.8) is 0 Å². The number of methoxy groups -OCH3 is 1. The van der Waals surface area contributed by atoms with E-state index in [1.54, 1.807) is 31.4 Å². The van der Waals surface area contributed by atoms with Crippen LogP contribution in [0.5, 0.6) is 11.5 Å². The summed E-state index contributed by atoms with van der Waals surface area (Å²) in [7, 11) is 1.57. The summed E-state index contributed by atoms with van der Waals surface area (Å²) in [4.78, 5) is 14.5. The molecule has 0 aromatic heterocycles. The van der Waals surface area contributed by atoms with E-state index in [0.717, 1.165) is 19.6 Å². The summed E-state index contributed by atoms with van der Waals surface area (Å²) in [6.45, 7) is 8.43. The van der Waals surface area contributed by atoms with Gasteiger partial charge in [-0.3, -0.25) is 4.79 Å². The molecule has 1 aliphatic heterocycles. The third-order valence-electron chi connectivity index (χ3n) is 3.53. The molecule has 5 heteroatoms. The minimum Gasteiger partial charge on any atom is -0.493 e. The van der Waals surface area contributed by atoms with Crippen molar-refractivity contribution in [2.24, 2.45) is 0 Å². The number of hydrogen-bond donors (Lipinski definition) is 1. The minimum absolute atomic E-state index is 0.0255. The summed E-state index contributed by atoms with van der Waals surface area (Å²) in [5.41, 5.74) is 0.617. The first-order chi connectivity index (χ1) is 10.2. The number of carbonyl (C=O) groups is 1. The van der Waals surface area contributed by atoms with Gasteiger partial charge in [-0.2, -0.15) is 0 Å². The number of ether oxygens (including phenoxy) is 2. The van der Waals surface area contributed by atoms with E-state index in [4.69, 9.17) is 9.47 Å². The molecule has 1 amide bonds. The lowest BCUT2D eigenvalue weighted by molar-refractivity contribution is 0.0655. The molecule has 1 N–H and O–H groups in total. The van der Waals surface area contributed by atoms with Crippen LogP contribution in [0.1, 0.15) is 17.3 Å². The zero-order valence-electron chi connectivity index (χ0n) is 12.6. The van der Waals surface area contributed by atoms with E-state index < -0.39 is 0 Å². The maximum atomic E-state index is 12.6. The van der Waals surface area contributed by atoms with E-state index in [1.165, 1.54) is 0 Å². The molecule has 0 radical (unpaired) electrons. The molecule has 1 aromatic carbocycles. The second kappa shape index (κ2) is 7.13. The Labute approximate surface area is 125 Å². The van der Waals surface area contributed by atoms with Crippen LogP contribution in [0.3, 0.4) is 0 Å². The van der Waals surface area contributed by atoms with Crippen molar-refractivity contribution in [1.29, 1.82) is 0 Å².